The maximum absolute atomic E-state index is 12.9. The van der Waals surface area contributed by atoms with Crippen molar-refractivity contribution in [2.75, 3.05) is 25.1 Å². The summed E-state index contributed by atoms with van der Waals surface area (Å²) in [6, 6.07) is 9.27. The Kier molecular flexibility index (Phi) is 4.36. The van der Waals surface area contributed by atoms with Gasteiger partial charge in [0.25, 0.3) is 0 Å². The third-order valence-electron chi connectivity index (χ3n) is 5.12. The molecule has 6 nitrogen and oxygen atoms in total. The van der Waals surface area contributed by atoms with Crippen LogP contribution >= 0.6 is 11.6 Å². The van der Waals surface area contributed by atoms with E-state index in [4.69, 9.17) is 16.3 Å². The highest BCUT2D eigenvalue weighted by molar-refractivity contribution is 6.32. The van der Waals surface area contributed by atoms with Gasteiger partial charge in [-0.25, -0.2) is 0 Å². The second kappa shape index (κ2) is 6.68. The summed E-state index contributed by atoms with van der Waals surface area (Å²) < 4.78 is 7.31. The zero-order chi connectivity index (χ0) is 18.3. The van der Waals surface area contributed by atoms with E-state index in [0.29, 0.717) is 36.1 Å². The van der Waals surface area contributed by atoms with Crippen LogP contribution in [0.15, 0.2) is 36.5 Å². The molecule has 4 rings (SSSR count). The molecule has 7 heteroatoms. The molecule has 1 saturated heterocycles. The summed E-state index contributed by atoms with van der Waals surface area (Å²) in [6.07, 6.45) is 2.27. The van der Waals surface area contributed by atoms with Gasteiger partial charge < -0.3 is 19.1 Å². The van der Waals surface area contributed by atoms with Crippen molar-refractivity contribution in [1.29, 1.82) is 0 Å². The van der Waals surface area contributed by atoms with E-state index >= 15 is 0 Å². The van der Waals surface area contributed by atoms with Gasteiger partial charge in [-0.2, -0.15) is 0 Å². The van der Waals surface area contributed by atoms with Crippen LogP contribution in [0.1, 0.15) is 12.1 Å². The number of hydrogen-bond donors (Lipinski definition) is 0. The molecule has 2 amide bonds. The minimum absolute atomic E-state index is 0.0490. The normalized spacial score (nSPS) is 19.6. The van der Waals surface area contributed by atoms with Crippen LogP contribution in [0.2, 0.25) is 5.02 Å². The Morgan fingerprint density at radius 1 is 1.27 bits per heavy atom. The fourth-order valence-corrected chi connectivity index (χ4v) is 3.96. The third kappa shape index (κ3) is 2.94. The molecule has 2 aromatic rings. The molecule has 3 heterocycles. The summed E-state index contributed by atoms with van der Waals surface area (Å²) in [4.78, 5) is 28.9. The lowest BCUT2D eigenvalue weighted by Gasteiger charge is -2.30. The summed E-state index contributed by atoms with van der Waals surface area (Å²) in [5, 5.41) is 0.448. The standard InChI is InChI=1S/C19H20ClN3O3/c1-26-17-5-4-14(10-16(17)20)23-11-13(9-18(23)24)19(25)22-8-7-21-6-2-3-15(21)12-22/h2-6,10,13H,7-9,11-12H2,1H3/t13-/m1/s1. The van der Waals surface area contributed by atoms with E-state index in [0.717, 1.165) is 12.2 Å². The number of ether oxygens (including phenoxy) is 1. The molecule has 1 atom stereocenters. The largest absolute Gasteiger partial charge is 0.495 e. The van der Waals surface area contributed by atoms with Gasteiger partial charge in [0.15, 0.2) is 0 Å². The van der Waals surface area contributed by atoms with Crippen LogP contribution in [-0.4, -0.2) is 41.5 Å². The Labute approximate surface area is 156 Å². The van der Waals surface area contributed by atoms with E-state index in [1.54, 1.807) is 30.2 Å². The number of amides is 2. The van der Waals surface area contributed by atoms with Crippen LogP contribution in [0, 0.1) is 5.92 Å². The van der Waals surface area contributed by atoms with Crippen LogP contribution in [0.4, 0.5) is 5.69 Å². The van der Waals surface area contributed by atoms with Crippen LogP contribution in [0.5, 0.6) is 5.75 Å². The molecule has 2 aliphatic heterocycles. The first-order chi connectivity index (χ1) is 12.6. The Morgan fingerprint density at radius 3 is 2.88 bits per heavy atom. The number of halogens is 1. The highest BCUT2D eigenvalue weighted by Crippen LogP contribution is 2.33. The zero-order valence-electron chi connectivity index (χ0n) is 14.5. The molecule has 0 spiro atoms. The fourth-order valence-electron chi connectivity index (χ4n) is 3.71. The molecule has 0 aliphatic carbocycles. The van der Waals surface area contributed by atoms with E-state index in [1.165, 1.54) is 0 Å². The minimum Gasteiger partial charge on any atom is -0.495 e. The van der Waals surface area contributed by atoms with Gasteiger partial charge in [0.05, 0.1) is 24.6 Å². The lowest BCUT2D eigenvalue weighted by atomic mass is 10.1. The molecule has 26 heavy (non-hydrogen) atoms. The average Bonchev–Trinajstić information content (AvgIpc) is 3.26. The molecule has 136 valence electrons. The molecular formula is C19H20ClN3O3. The molecule has 0 unspecified atom stereocenters. The molecule has 0 radical (unpaired) electrons. The van der Waals surface area contributed by atoms with Gasteiger partial charge >= 0.3 is 0 Å². The first kappa shape index (κ1) is 17.0. The second-order valence-corrected chi connectivity index (χ2v) is 7.08. The van der Waals surface area contributed by atoms with Crippen molar-refractivity contribution in [3.05, 3.63) is 47.2 Å². The predicted octanol–water partition coefficient (Wildman–Crippen LogP) is 2.55. The number of carbonyl (C=O) groups is 2. The lowest BCUT2D eigenvalue weighted by Crippen LogP contribution is -2.42. The van der Waals surface area contributed by atoms with Crippen LogP contribution in [0.25, 0.3) is 0 Å². The number of hydrogen-bond acceptors (Lipinski definition) is 3. The van der Waals surface area contributed by atoms with Gasteiger partial charge in [0.1, 0.15) is 5.75 Å². The molecule has 2 aliphatic rings. The molecule has 0 saturated carbocycles. The zero-order valence-corrected chi connectivity index (χ0v) is 15.3. The maximum Gasteiger partial charge on any atom is 0.228 e. The lowest BCUT2D eigenvalue weighted by molar-refractivity contribution is -0.137. The third-order valence-corrected chi connectivity index (χ3v) is 5.42. The maximum atomic E-state index is 12.9. The van der Waals surface area contributed by atoms with E-state index in [9.17, 15) is 9.59 Å². The number of carbonyl (C=O) groups excluding carboxylic acids is 2. The summed E-state index contributed by atoms with van der Waals surface area (Å²) in [5.74, 6) is 0.244. The minimum atomic E-state index is -0.315. The Morgan fingerprint density at radius 2 is 2.12 bits per heavy atom. The van der Waals surface area contributed by atoms with E-state index < -0.39 is 0 Å². The Bertz CT molecular complexity index is 863. The SMILES string of the molecule is COc1ccc(N2C[C@H](C(=O)N3CCn4cccc4C3)CC2=O)cc1Cl. The van der Waals surface area contributed by atoms with Crippen LogP contribution in [0.3, 0.4) is 0 Å². The predicted molar refractivity (Wildman–Crippen MR) is 98.3 cm³/mol. The molecule has 0 N–H and O–H groups in total. The highest BCUT2D eigenvalue weighted by Gasteiger charge is 2.38. The van der Waals surface area contributed by atoms with Gasteiger partial charge in [0.2, 0.25) is 11.8 Å². The highest BCUT2D eigenvalue weighted by atomic mass is 35.5. The van der Waals surface area contributed by atoms with Gasteiger partial charge in [-0.3, -0.25) is 9.59 Å². The number of anilines is 1. The van der Waals surface area contributed by atoms with Gasteiger partial charge in [-0.15, -0.1) is 0 Å². The van der Waals surface area contributed by atoms with E-state index in [1.807, 2.05) is 23.2 Å². The van der Waals surface area contributed by atoms with E-state index in [-0.39, 0.29) is 24.2 Å². The fraction of sp³-hybridized carbons (Fsp3) is 0.368. The number of benzene rings is 1. The first-order valence-corrected chi connectivity index (χ1v) is 9.01. The summed E-state index contributed by atoms with van der Waals surface area (Å²) >= 11 is 6.17. The topological polar surface area (TPSA) is 54.8 Å². The van der Waals surface area contributed by atoms with Crippen LogP contribution < -0.4 is 9.64 Å². The summed E-state index contributed by atoms with van der Waals surface area (Å²) in [6.45, 7) is 2.47. The summed E-state index contributed by atoms with van der Waals surface area (Å²) in [5.41, 5.74) is 1.83. The summed E-state index contributed by atoms with van der Waals surface area (Å²) in [7, 11) is 1.55. The molecule has 1 aromatic carbocycles. The number of rotatable bonds is 3. The van der Waals surface area contributed by atoms with Crippen molar-refractivity contribution in [3.63, 3.8) is 0 Å². The molecule has 1 aromatic heterocycles. The van der Waals surface area contributed by atoms with E-state index in [2.05, 4.69) is 4.57 Å². The van der Waals surface area contributed by atoms with Gasteiger partial charge in [-0.05, 0) is 30.3 Å². The van der Waals surface area contributed by atoms with Crippen molar-refractivity contribution in [2.24, 2.45) is 5.92 Å². The van der Waals surface area contributed by atoms with Crippen molar-refractivity contribution < 1.29 is 14.3 Å². The van der Waals surface area contributed by atoms with Gasteiger partial charge in [0, 0.05) is 43.6 Å². The first-order valence-electron chi connectivity index (χ1n) is 8.63. The molecule has 0 bridgehead atoms. The second-order valence-electron chi connectivity index (χ2n) is 6.68. The van der Waals surface area contributed by atoms with Crippen molar-refractivity contribution in [2.45, 2.75) is 19.5 Å². The molecular weight excluding hydrogens is 354 g/mol. The quantitative estimate of drug-likeness (QED) is 0.830. The Balaban J connectivity index is 1.47. The number of nitrogens with zero attached hydrogens (tertiary/aromatic N) is 3. The number of methoxy groups -OCH3 is 1. The average molecular weight is 374 g/mol. The van der Waals surface area contributed by atoms with Crippen molar-refractivity contribution in [3.8, 4) is 5.75 Å². The van der Waals surface area contributed by atoms with Gasteiger partial charge in [-0.1, -0.05) is 11.6 Å². The monoisotopic (exact) mass is 373 g/mol. The van der Waals surface area contributed by atoms with Crippen molar-refractivity contribution in [1.82, 2.24) is 9.47 Å². The molecule has 1 fully saturated rings. The van der Waals surface area contributed by atoms with Crippen LogP contribution in [-0.2, 0) is 22.7 Å². The van der Waals surface area contributed by atoms with Crippen molar-refractivity contribution >= 4 is 29.1 Å². The number of fused-ring (bicyclic) bond motifs is 1. The number of aromatic nitrogens is 1. The smallest absolute Gasteiger partial charge is 0.228 e. The Hall–Kier alpha value is -2.47.